The van der Waals surface area contributed by atoms with E-state index >= 15 is 0 Å². The number of ether oxygens (including phenoxy) is 1. The van der Waals surface area contributed by atoms with Crippen LogP contribution in [0.15, 0.2) is 30.1 Å². The van der Waals surface area contributed by atoms with Crippen LogP contribution in [-0.4, -0.2) is 65.1 Å². The minimum Gasteiger partial charge on any atom is -0.360 e. The Morgan fingerprint density at radius 3 is 2.39 bits per heavy atom. The maximum atomic E-state index is 14.5. The van der Waals surface area contributed by atoms with Crippen LogP contribution in [0.3, 0.4) is 0 Å². The summed E-state index contributed by atoms with van der Waals surface area (Å²) in [4.78, 5) is 31.1. The average Bonchev–Trinajstić information content (AvgIpc) is 3.91. The Morgan fingerprint density at radius 1 is 1.13 bits per heavy atom. The average molecular weight is 662 g/mol. The quantitative estimate of drug-likeness (QED) is 0.175. The molecule has 0 saturated heterocycles. The van der Waals surface area contributed by atoms with Gasteiger partial charge >= 0.3 is 6.18 Å². The first kappa shape index (κ1) is 34.1. The maximum Gasteiger partial charge on any atom is 0.434 e. The Balaban J connectivity index is 1.38. The molecule has 3 N–H and O–H groups in total. The summed E-state index contributed by atoms with van der Waals surface area (Å²) in [6, 6.07) is 4.00. The highest BCUT2D eigenvalue weighted by Crippen LogP contribution is 2.51. The Bertz CT molecular complexity index is 1450. The fraction of sp³-hybridized carbons (Fsp3) is 0.625. The zero-order valence-corrected chi connectivity index (χ0v) is 28.5. The van der Waals surface area contributed by atoms with Crippen molar-refractivity contribution in [1.82, 2.24) is 30.5 Å². The van der Waals surface area contributed by atoms with Crippen LogP contribution in [0, 0.1) is 17.8 Å². The van der Waals surface area contributed by atoms with Crippen molar-refractivity contribution in [3.05, 3.63) is 47.0 Å². The van der Waals surface area contributed by atoms with Gasteiger partial charge < -0.3 is 15.4 Å². The number of hydrazine groups is 1. The number of alkyl halides is 3. The number of nitrogens with zero attached hydrogens (tertiary/aromatic N) is 4. The van der Waals surface area contributed by atoms with Crippen molar-refractivity contribution in [3.63, 3.8) is 0 Å². The Hall–Kier alpha value is -3.23. The first-order valence-corrected chi connectivity index (χ1v) is 19.9. The molecule has 2 saturated carbocycles. The molecular formula is C32H46F3N7O3Si. The van der Waals surface area contributed by atoms with Crippen molar-refractivity contribution >= 4 is 31.3 Å². The molecule has 2 aromatic heterocycles. The summed E-state index contributed by atoms with van der Waals surface area (Å²) in [6.07, 6.45) is 0.580. The van der Waals surface area contributed by atoms with E-state index in [1.807, 2.05) is 6.92 Å². The molecule has 2 fully saturated rings. The monoisotopic (exact) mass is 661 g/mol. The zero-order valence-electron chi connectivity index (χ0n) is 27.5. The number of hydrogen-bond acceptors (Lipinski definition) is 7. The van der Waals surface area contributed by atoms with Gasteiger partial charge in [0.1, 0.15) is 24.3 Å². The number of nitrogens with one attached hydrogen (secondary N) is 3. The van der Waals surface area contributed by atoms with E-state index in [0.717, 1.165) is 31.7 Å². The fourth-order valence-corrected chi connectivity index (χ4v) is 7.09. The fourth-order valence-electron chi connectivity index (χ4n) is 6.34. The number of carbonyl (C=O) groups excluding carboxylic acids is 2. The largest absolute Gasteiger partial charge is 0.434 e. The summed E-state index contributed by atoms with van der Waals surface area (Å²) in [5.41, 5.74) is 3.48. The molecule has 2 aliphatic carbocycles. The first-order chi connectivity index (χ1) is 21.7. The van der Waals surface area contributed by atoms with Crippen LogP contribution < -0.4 is 16.1 Å². The van der Waals surface area contributed by atoms with E-state index in [0.29, 0.717) is 30.1 Å². The number of amides is 2. The van der Waals surface area contributed by atoms with Crippen LogP contribution in [0.25, 0.3) is 5.57 Å². The number of anilines is 1. The van der Waals surface area contributed by atoms with Crippen molar-refractivity contribution in [1.29, 1.82) is 0 Å². The first-order valence-electron chi connectivity index (χ1n) is 16.2. The number of aromatic nitrogens is 3. The summed E-state index contributed by atoms with van der Waals surface area (Å²) in [5, 5.41) is 11.4. The molecule has 0 spiro atoms. The molecule has 2 atom stereocenters. The molecule has 0 aromatic carbocycles. The Kier molecular flexibility index (Phi) is 9.99. The number of rotatable bonds is 14. The molecule has 14 heteroatoms. The van der Waals surface area contributed by atoms with Gasteiger partial charge in [0.05, 0.1) is 6.04 Å². The van der Waals surface area contributed by atoms with Gasteiger partial charge in [-0.05, 0) is 88.5 Å². The summed E-state index contributed by atoms with van der Waals surface area (Å²) in [7, 11) is -1.28. The van der Waals surface area contributed by atoms with Gasteiger partial charge in [-0.1, -0.05) is 19.6 Å². The molecule has 0 radical (unpaired) electrons. The van der Waals surface area contributed by atoms with E-state index in [-0.39, 0.29) is 35.9 Å². The van der Waals surface area contributed by atoms with E-state index in [4.69, 9.17) is 4.74 Å². The van der Waals surface area contributed by atoms with Crippen LogP contribution in [0.2, 0.25) is 25.7 Å². The predicted octanol–water partition coefficient (Wildman–Crippen LogP) is 5.74. The lowest BCUT2D eigenvalue weighted by Gasteiger charge is -2.27. The third-order valence-electron chi connectivity index (χ3n) is 9.03. The molecule has 3 heterocycles. The molecule has 3 aliphatic rings. The third-order valence-corrected chi connectivity index (χ3v) is 10.7. The second-order valence-corrected chi connectivity index (χ2v) is 19.6. The zero-order chi connectivity index (χ0) is 33.4. The molecule has 1 unspecified atom stereocenters. The highest BCUT2D eigenvalue weighted by molar-refractivity contribution is 6.76. The Morgan fingerprint density at radius 2 is 1.80 bits per heavy atom. The normalized spacial score (nSPS) is 19.6. The van der Waals surface area contributed by atoms with Crippen LogP contribution >= 0.6 is 0 Å². The number of aryl methyl sites for hydroxylation is 1. The van der Waals surface area contributed by atoms with E-state index in [1.165, 1.54) is 18.3 Å². The lowest BCUT2D eigenvalue weighted by atomic mass is 9.88. The van der Waals surface area contributed by atoms with Gasteiger partial charge in [-0.2, -0.15) is 18.3 Å². The second-order valence-electron chi connectivity index (χ2n) is 13.9. The maximum absolute atomic E-state index is 14.5. The number of halogens is 3. The summed E-state index contributed by atoms with van der Waals surface area (Å²) >= 11 is 0. The minimum atomic E-state index is -4.78. The summed E-state index contributed by atoms with van der Waals surface area (Å²) in [5.74, 6) is -0.748. The van der Waals surface area contributed by atoms with E-state index in [9.17, 15) is 22.8 Å². The molecule has 1 aliphatic heterocycles. The van der Waals surface area contributed by atoms with Crippen LogP contribution in [0.1, 0.15) is 68.2 Å². The number of hydrogen-bond donors (Lipinski definition) is 3. The minimum absolute atomic E-state index is 0.0564. The topological polar surface area (TPSA) is 113 Å². The van der Waals surface area contributed by atoms with Gasteiger partial charge in [-0.3, -0.25) is 19.3 Å². The smallest absolute Gasteiger partial charge is 0.360 e. The lowest BCUT2D eigenvalue weighted by Crippen LogP contribution is -2.50. The van der Waals surface area contributed by atoms with E-state index < -0.39 is 43.8 Å². The van der Waals surface area contributed by atoms with Gasteiger partial charge in [0, 0.05) is 44.3 Å². The van der Waals surface area contributed by atoms with Gasteiger partial charge in [-0.15, -0.1) is 0 Å². The highest BCUT2D eigenvalue weighted by atomic mass is 28.3. The lowest BCUT2D eigenvalue weighted by molar-refractivity contribution is -0.141. The molecule has 252 valence electrons. The molecule has 2 aromatic rings. The standard InChI is InChI=1S/C32H46F3N7O3Si/c1-7-41-24(14-15-36-41)30(43)39-28(27(21-8-9-21)22-10-11-22)31(44)38-25-13-12-23(29(37-25)32(33,34)35)26-19(2)40-42(20(26)3)18-45-16-17-46(4,5)6/h12-15,19,21-22,27-28,40H,7-11,16-18H2,1-6H3,(H,39,43)(H,37,38,44)/t19?,28-/m0/s1. The molecule has 10 nitrogen and oxygen atoms in total. The summed E-state index contributed by atoms with van der Waals surface area (Å²) in [6.45, 7) is 13.5. The Labute approximate surface area is 269 Å². The van der Waals surface area contributed by atoms with Crippen LogP contribution in [-0.2, 0) is 22.3 Å². The number of allylic oxidation sites excluding steroid dienone is 1. The van der Waals surface area contributed by atoms with Crippen LogP contribution in [0.5, 0.6) is 0 Å². The number of pyridine rings is 1. The number of carbonyl (C=O) groups is 2. The molecule has 2 amide bonds. The molecule has 5 rings (SSSR count). The molecule has 46 heavy (non-hydrogen) atoms. The van der Waals surface area contributed by atoms with Gasteiger partial charge in [-0.25, -0.2) is 10.4 Å². The van der Waals surface area contributed by atoms with Crippen molar-refractivity contribution in [2.45, 2.75) is 96.9 Å². The van der Waals surface area contributed by atoms with Crippen molar-refractivity contribution in [2.24, 2.45) is 17.8 Å². The molecule has 0 bridgehead atoms. The molecular weight excluding hydrogens is 615 g/mol. The van der Waals surface area contributed by atoms with E-state index in [2.05, 4.69) is 45.8 Å². The van der Waals surface area contributed by atoms with Crippen molar-refractivity contribution in [2.75, 3.05) is 18.7 Å². The second kappa shape index (κ2) is 13.5. The van der Waals surface area contributed by atoms with Crippen molar-refractivity contribution < 1.29 is 27.5 Å². The van der Waals surface area contributed by atoms with Crippen molar-refractivity contribution in [3.8, 4) is 0 Å². The van der Waals surface area contributed by atoms with Gasteiger partial charge in [0.25, 0.3) is 5.91 Å². The summed E-state index contributed by atoms with van der Waals surface area (Å²) < 4.78 is 51.0. The predicted molar refractivity (Wildman–Crippen MR) is 172 cm³/mol. The SMILES string of the molecule is CCn1nccc1C(=O)N[C@H](C(=O)Nc1ccc(C2=C(C)N(COCC[Si](C)(C)C)NC2C)c(C(F)(F)F)n1)C(C1CC1)C1CC1. The van der Waals surface area contributed by atoms with Gasteiger partial charge in [0.2, 0.25) is 5.91 Å². The van der Waals surface area contributed by atoms with Gasteiger partial charge in [0.15, 0.2) is 5.69 Å². The van der Waals surface area contributed by atoms with E-state index in [1.54, 1.807) is 29.6 Å². The highest BCUT2D eigenvalue weighted by Gasteiger charge is 2.49. The van der Waals surface area contributed by atoms with Crippen LogP contribution in [0.4, 0.5) is 19.0 Å². The third kappa shape index (κ3) is 8.00.